The monoisotopic (exact) mass is 303 g/mol. The minimum absolute atomic E-state index is 0.0501. The second kappa shape index (κ2) is 7.94. The van der Waals surface area contributed by atoms with Gasteiger partial charge in [-0.05, 0) is 24.4 Å². The molecule has 2 rings (SSSR count). The Morgan fingerprint density at radius 3 is 2.59 bits per heavy atom. The largest absolute Gasteiger partial charge is 0.350 e. The zero-order valence-corrected chi connectivity index (χ0v) is 13.3. The van der Waals surface area contributed by atoms with Crippen molar-refractivity contribution in [2.75, 3.05) is 13.1 Å². The van der Waals surface area contributed by atoms with Crippen LogP contribution in [0.5, 0.6) is 0 Å². The van der Waals surface area contributed by atoms with Crippen molar-refractivity contribution in [3.8, 4) is 0 Å². The molecule has 1 aromatic carbocycles. The highest BCUT2D eigenvalue weighted by atomic mass is 16.2. The minimum Gasteiger partial charge on any atom is -0.350 e. The van der Waals surface area contributed by atoms with Gasteiger partial charge in [-0.1, -0.05) is 44.2 Å². The molecule has 1 saturated heterocycles. The number of carbonyl (C=O) groups excluding carboxylic acids is 2. The van der Waals surface area contributed by atoms with Gasteiger partial charge in [-0.3, -0.25) is 9.59 Å². The third kappa shape index (κ3) is 4.84. The smallest absolute Gasteiger partial charge is 0.243 e. The second-order valence-corrected chi connectivity index (χ2v) is 6.15. The molecule has 2 unspecified atom stereocenters. The first-order chi connectivity index (χ1) is 10.6. The van der Waals surface area contributed by atoms with Crippen LogP contribution in [0.3, 0.4) is 0 Å². The van der Waals surface area contributed by atoms with Crippen molar-refractivity contribution in [2.24, 2.45) is 5.92 Å². The van der Waals surface area contributed by atoms with Gasteiger partial charge in [0.2, 0.25) is 11.8 Å². The SMILES string of the molecule is CC(C)C(NC(=O)Cc1ccccc1)C(=O)NC1CCNC1. The van der Waals surface area contributed by atoms with Gasteiger partial charge in [0, 0.05) is 12.6 Å². The number of benzene rings is 1. The topological polar surface area (TPSA) is 70.2 Å². The Balaban J connectivity index is 1.90. The molecule has 1 aromatic rings. The van der Waals surface area contributed by atoms with E-state index in [4.69, 9.17) is 0 Å². The van der Waals surface area contributed by atoms with E-state index >= 15 is 0 Å². The molecule has 2 atom stereocenters. The van der Waals surface area contributed by atoms with E-state index in [-0.39, 0.29) is 23.8 Å². The summed E-state index contributed by atoms with van der Waals surface area (Å²) in [5.41, 5.74) is 0.947. The Morgan fingerprint density at radius 2 is 2.00 bits per heavy atom. The predicted octanol–water partition coefficient (Wildman–Crippen LogP) is 0.848. The van der Waals surface area contributed by atoms with Crippen molar-refractivity contribution in [2.45, 2.75) is 38.8 Å². The summed E-state index contributed by atoms with van der Waals surface area (Å²) in [6, 6.07) is 9.23. The van der Waals surface area contributed by atoms with E-state index in [1.54, 1.807) is 0 Å². The summed E-state index contributed by atoms with van der Waals surface area (Å²) < 4.78 is 0. The molecule has 0 bridgehead atoms. The molecule has 1 fully saturated rings. The van der Waals surface area contributed by atoms with Crippen LogP contribution < -0.4 is 16.0 Å². The van der Waals surface area contributed by atoms with Crippen molar-refractivity contribution < 1.29 is 9.59 Å². The Bertz CT molecular complexity index is 496. The number of nitrogens with one attached hydrogen (secondary N) is 3. The molecule has 1 aliphatic rings. The molecule has 3 N–H and O–H groups in total. The molecule has 5 nitrogen and oxygen atoms in total. The van der Waals surface area contributed by atoms with Gasteiger partial charge in [0.1, 0.15) is 6.04 Å². The molecule has 0 radical (unpaired) electrons. The molecule has 0 aromatic heterocycles. The zero-order valence-electron chi connectivity index (χ0n) is 13.3. The third-order valence-electron chi connectivity index (χ3n) is 3.88. The zero-order chi connectivity index (χ0) is 15.9. The Morgan fingerprint density at radius 1 is 1.27 bits per heavy atom. The lowest BCUT2D eigenvalue weighted by atomic mass is 10.0. The lowest BCUT2D eigenvalue weighted by molar-refractivity contribution is -0.130. The van der Waals surface area contributed by atoms with E-state index in [1.165, 1.54) is 0 Å². The van der Waals surface area contributed by atoms with Gasteiger partial charge in [-0.25, -0.2) is 0 Å². The van der Waals surface area contributed by atoms with E-state index in [9.17, 15) is 9.59 Å². The highest BCUT2D eigenvalue weighted by Crippen LogP contribution is 2.06. The number of rotatable bonds is 6. The van der Waals surface area contributed by atoms with Crippen LogP contribution in [0.15, 0.2) is 30.3 Å². The van der Waals surface area contributed by atoms with Crippen LogP contribution in [0.2, 0.25) is 0 Å². The summed E-state index contributed by atoms with van der Waals surface area (Å²) in [6.45, 7) is 5.62. The maximum absolute atomic E-state index is 12.4. The maximum atomic E-state index is 12.4. The normalized spacial score (nSPS) is 19.0. The summed E-state index contributed by atoms with van der Waals surface area (Å²) in [6.07, 6.45) is 1.23. The van der Waals surface area contributed by atoms with Crippen LogP contribution >= 0.6 is 0 Å². The van der Waals surface area contributed by atoms with Crippen molar-refractivity contribution in [1.29, 1.82) is 0 Å². The van der Waals surface area contributed by atoms with Gasteiger partial charge >= 0.3 is 0 Å². The molecule has 0 aliphatic carbocycles. The Kier molecular flexibility index (Phi) is 5.95. The quantitative estimate of drug-likeness (QED) is 0.729. The Labute approximate surface area is 131 Å². The van der Waals surface area contributed by atoms with Crippen LogP contribution in [0.4, 0.5) is 0 Å². The lowest BCUT2D eigenvalue weighted by Crippen LogP contribution is -2.52. The minimum atomic E-state index is -0.489. The van der Waals surface area contributed by atoms with Crippen molar-refractivity contribution in [3.63, 3.8) is 0 Å². The lowest BCUT2D eigenvalue weighted by Gasteiger charge is -2.23. The van der Waals surface area contributed by atoms with Gasteiger partial charge < -0.3 is 16.0 Å². The molecule has 1 heterocycles. The van der Waals surface area contributed by atoms with Crippen molar-refractivity contribution >= 4 is 11.8 Å². The van der Waals surface area contributed by atoms with Crippen LogP contribution in [-0.2, 0) is 16.0 Å². The summed E-state index contributed by atoms with van der Waals surface area (Å²) in [5.74, 6) is -0.163. The molecular weight excluding hydrogens is 278 g/mol. The first kappa shape index (κ1) is 16.5. The van der Waals surface area contributed by atoms with Gasteiger partial charge in [0.15, 0.2) is 0 Å². The standard InChI is InChI=1S/C17H25N3O2/c1-12(2)16(17(22)19-14-8-9-18-11-14)20-15(21)10-13-6-4-3-5-7-13/h3-7,12,14,16,18H,8-11H2,1-2H3,(H,19,22)(H,20,21). The van der Waals surface area contributed by atoms with Crippen LogP contribution in [-0.4, -0.2) is 37.0 Å². The predicted molar refractivity (Wildman–Crippen MR) is 86.3 cm³/mol. The van der Waals surface area contributed by atoms with Gasteiger partial charge in [0.25, 0.3) is 0 Å². The molecule has 0 spiro atoms. The number of hydrogen-bond donors (Lipinski definition) is 3. The fourth-order valence-electron chi connectivity index (χ4n) is 2.61. The van der Waals surface area contributed by atoms with Gasteiger partial charge in [-0.2, -0.15) is 0 Å². The average Bonchev–Trinajstić information content (AvgIpc) is 2.98. The molecular formula is C17H25N3O2. The van der Waals surface area contributed by atoms with Crippen LogP contribution in [0.1, 0.15) is 25.8 Å². The first-order valence-electron chi connectivity index (χ1n) is 7.90. The van der Waals surface area contributed by atoms with E-state index in [1.807, 2.05) is 44.2 Å². The van der Waals surface area contributed by atoms with E-state index in [2.05, 4.69) is 16.0 Å². The van der Waals surface area contributed by atoms with Crippen LogP contribution in [0, 0.1) is 5.92 Å². The third-order valence-corrected chi connectivity index (χ3v) is 3.88. The average molecular weight is 303 g/mol. The van der Waals surface area contributed by atoms with E-state index < -0.39 is 6.04 Å². The van der Waals surface area contributed by atoms with Gasteiger partial charge in [0.05, 0.1) is 6.42 Å². The Hall–Kier alpha value is -1.88. The van der Waals surface area contributed by atoms with Gasteiger partial charge in [-0.15, -0.1) is 0 Å². The molecule has 2 amide bonds. The second-order valence-electron chi connectivity index (χ2n) is 6.15. The number of carbonyl (C=O) groups is 2. The number of hydrogen-bond acceptors (Lipinski definition) is 3. The molecule has 0 saturated carbocycles. The summed E-state index contributed by atoms with van der Waals surface area (Å²) in [4.78, 5) is 24.5. The molecule has 120 valence electrons. The van der Waals surface area contributed by atoms with E-state index in [0.717, 1.165) is 25.1 Å². The highest BCUT2D eigenvalue weighted by Gasteiger charge is 2.27. The summed E-state index contributed by atoms with van der Waals surface area (Å²) in [5, 5.41) is 9.10. The fraction of sp³-hybridized carbons (Fsp3) is 0.529. The first-order valence-corrected chi connectivity index (χ1v) is 7.90. The van der Waals surface area contributed by atoms with Crippen molar-refractivity contribution in [1.82, 2.24) is 16.0 Å². The summed E-state index contributed by atoms with van der Waals surface area (Å²) in [7, 11) is 0. The molecule has 5 heteroatoms. The fourth-order valence-corrected chi connectivity index (χ4v) is 2.61. The van der Waals surface area contributed by atoms with Crippen molar-refractivity contribution in [3.05, 3.63) is 35.9 Å². The molecule has 22 heavy (non-hydrogen) atoms. The highest BCUT2D eigenvalue weighted by molar-refractivity contribution is 5.88. The number of amides is 2. The summed E-state index contributed by atoms with van der Waals surface area (Å²) >= 11 is 0. The maximum Gasteiger partial charge on any atom is 0.243 e. The van der Waals surface area contributed by atoms with E-state index in [0.29, 0.717) is 6.42 Å². The molecule has 1 aliphatic heterocycles. The van der Waals surface area contributed by atoms with Crippen LogP contribution in [0.25, 0.3) is 0 Å².